The minimum atomic E-state index is -3.53. The van der Waals surface area contributed by atoms with E-state index in [0.717, 1.165) is 18.4 Å². The second-order valence-corrected chi connectivity index (χ2v) is 10.5. The Balaban J connectivity index is 1.23. The molecule has 3 amide bonds. The highest BCUT2D eigenvalue weighted by atomic mass is 32.2. The van der Waals surface area contributed by atoms with E-state index >= 15 is 0 Å². The zero-order valence-electron chi connectivity index (χ0n) is 18.6. The first-order valence-electron chi connectivity index (χ1n) is 11.4. The number of amides is 3. The van der Waals surface area contributed by atoms with Gasteiger partial charge in [-0.05, 0) is 37.0 Å². The first kappa shape index (κ1) is 23.7. The first-order chi connectivity index (χ1) is 15.8. The Kier molecular flexibility index (Phi) is 7.30. The van der Waals surface area contributed by atoms with Crippen molar-refractivity contribution in [2.45, 2.75) is 36.6 Å². The van der Waals surface area contributed by atoms with Crippen LogP contribution >= 0.6 is 0 Å². The standard InChI is InChI=1S/C22H30N4O6S/c27-20(24-9-11-25(12-10-24)22(29)21(28)23-18-4-5-18)8-3-17-1-6-19(7-2-17)33(30,31)26-13-15-32-16-14-26/h1-2,6-7,18H,3-5,8-16H2,(H,23,28). The lowest BCUT2D eigenvalue weighted by Crippen LogP contribution is -2.54. The van der Waals surface area contributed by atoms with Crippen molar-refractivity contribution in [3.63, 3.8) is 0 Å². The summed E-state index contributed by atoms with van der Waals surface area (Å²) in [7, 11) is -3.53. The summed E-state index contributed by atoms with van der Waals surface area (Å²) in [6.07, 6.45) is 2.65. The average Bonchev–Trinajstić information content (AvgIpc) is 3.67. The second kappa shape index (κ2) is 10.2. The molecule has 0 radical (unpaired) electrons. The van der Waals surface area contributed by atoms with Gasteiger partial charge in [-0.2, -0.15) is 4.31 Å². The van der Waals surface area contributed by atoms with E-state index < -0.39 is 21.8 Å². The highest BCUT2D eigenvalue weighted by molar-refractivity contribution is 7.89. The fourth-order valence-corrected chi connectivity index (χ4v) is 5.36. The summed E-state index contributed by atoms with van der Waals surface area (Å²) in [4.78, 5) is 40.2. The lowest BCUT2D eigenvalue weighted by molar-refractivity contribution is -0.148. The lowest BCUT2D eigenvalue weighted by Gasteiger charge is -2.34. The number of benzene rings is 1. The molecular weight excluding hydrogens is 448 g/mol. The van der Waals surface area contributed by atoms with Crippen LogP contribution in [0.4, 0.5) is 0 Å². The lowest BCUT2D eigenvalue weighted by atomic mass is 10.1. The molecule has 11 heteroatoms. The number of nitrogens with one attached hydrogen (secondary N) is 1. The van der Waals surface area contributed by atoms with Crippen LogP contribution in [-0.4, -0.2) is 98.8 Å². The summed E-state index contributed by atoms with van der Waals surface area (Å²) in [5, 5.41) is 2.70. The number of rotatable bonds is 6. The second-order valence-electron chi connectivity index (χ2n) is 8.58. The van der Waals surface area contributed by atoms with Crippen LogP contribution in [0.5, 0.6) is 0 Å². The van der Waals surface area contributed by atoms with E-state index in [9.17, 15) is 22.8 Å². The Labute approximate surface area is 193 Å². The third-order valence-electron chi connectivity index (χ3n) is 6.19. The van der Waals surface area contributed by atoms with Gasteiger partial charge in [-0.3, -0.25) is 14.4 Å². The van der Waals surface area contributed by atoms with Gasteiger partial charge in [0, 0.05) is 51.7 Å². The summed E-state index contributed by atoms with van der Waals surface area (Å²) in [5.74, 6) is -1.10. The third kappa shape index (κ3) is 5.90. The van der Waals surface area contributed by atoms with Crippen molar-refractivity contribution in [2.75, 3.05) is 52.5 Å². The summed E-state index contributed by atoms with van der Waals surface area (Å²) in [5.41, 5.74) is 0.884. The Hall–Kier alpha value is -2.50. The van der Waals surface area contributed by atoms with Crippen molar-refractivity contribution in [3.8, 4) is 0 Å². The molecule has 0 atom stereocenters. The quantitative estimate of drug-likeness (QED) is 0.556. The number of nitrogens with zero attached hydrogens (tertiary/aromatic N) is 3. The molecule has 10 nitrogen and oxygen atoms in total. The molecule has 4 rings (SSSR count). The molecule has 0 spiro atoms. The molecule has 0 bridgehead atoms. The van der Waals surface area contributed by atoms with E-state index in [-0.39, 0.29) is 16.8 Å². The number of aryl methyl sites for hydroxylation is 1. The Bertz CT molecular complexity index is 979. The Morgan fingerprint density at radius 3 is 2.12 bits per heavy atom. The Morgan fingerprint density at radius 1 is 0.909 bits per heavy atom. The molecule has 33 heavy (non-hydrogen) atoms. The van der Waals surface area contributed by atoms with Crippen molar-refractivity contribution in [2.24, 2.45) is 0 Å². The van der Waals surface area contributed by atoms with Gasteiger partial charge in [-0.15, -0.1) is 0 Å². The molecule has 2 heterocycles. The van der Waals surface area contributed by atoms with Gasteiger partial charge in [0.05, 0.1) is 18.1 Å². The summed E-state index contributed by atoms with van der Waals surface area (Å²) >= 11 is 0. The molecule has 3 fully saturated rings. The molecule has 1 saturated carbocycles. The number of piperazine rings is 1. The first-order valence-corrected chi connectivity index (χ1v) is 12.8. The van der Waals surface area contributed by atoms with Crippen LogP contribution in [0.3, 0.4) is 0 Å². The van der Waals surface area contributed by atoms with Crippen molar-refractivity contribution < 1.29 is 27.5 Å². The number of morpholine rings is 1. The fourth-order valence-electron chi connectivity index (χ4n) is 3.95. The van der Waals surface area contributed by atoms with E-state index in [0.29, 0.717) is 65.3 Å². The van der Waals surface area contributed by atoms with Crippen LogP contribution in [0.15, 0.2) is 29.2 Å². The molecule has 0 unspecified atom stereocenters. The SMILES string of the molecule is O=C(NC1CC1)C(=O)N1CCN(C(=O)CCc2ccc(S(=O)(=O)N3CCOCC3)cc2)CC1. The van der Waals surface area contributed by atoms with Crippen LogP contribution < -0.4 is 5.32 Å². The van der Waals surface area contributed by atoms with Gasteiger partial charge in [-0.1, -0.05) is 12.1 Å². The number of ether oxygens (including phenoxy) is 1. The number of carbonyl (C=O) groups excluding carboxylic acids is 3. The van der Waals surface area contributed by atoms with Crippen molar-refractivity contribution in [1.82, 2.24) is 19.4 Å². The maximum atomic E-state index is 12.7. The maximum absolute atomic E-state index is 12.7. The van der Waals surface area contributed by atoms with Gasteiger partial charge in [0.1, 0.15) is 0 Å². The Morgan fingerprint density at radius 2 is 1.52 bits per heavy atom. The van der Waals surface area contributed by atoms with Crippen molar-refractivity contribution in [3.05, 3.63) is 29.8 Å². The topological polar surface area (TPSA) is 116 Å². The minimum Gasteiger partial charge on any atom is -0.379 e. The molecule has 3 aliphatic rings. The predicted molar refractivity (Wildman–Crippen MR) is 119 cm³/mol. The van der Waals surface area contributed by atoms with Gasteiger partial charge in [0.25, 0.3) is 0 Å². The minimum absolute atomic E-state index is 0.0189. The highest BCUT2D eigenvalue weighted by Crippen LogP contribution is 2.19. The molecule has 2 aliphatic heterocycles. The molecule has 1 aromatic carbocycles. The summed E-state index contributed by atoms with van der Waals surface area (Å²) in [6, 6.07) is 6.80. The zero-order chi connectivity index (χ0) is 23.4. The van der Waals surface area contributed by atoms with E-state index in [1.807, 2.05) is 0 Å². The number of hydrogen-bond donors (Lipinski definition) is 1. The van der Waals surface area contributed by atoms with Crippen molar-refractivity contribution in [1.29, 1.82) is 0 Å². The van der Waals surface area contributed by atoms with E-state index in [1.165, 1.54) is 9.21 Å². The highest BCUT2D eigenvalue weighted by Gasteiger charge is 2.31. The van der Waals surface area contributed by atoms with Crippen LogP contribution in [0, 0.1) is 0 Å². The molecule has 1 aromatic rings. The smallest absolute Gasteiger partial charge is 0.312 e. The van der Waals surface area contributed by atoms with Gasteiger partial charge in [0.15, 0.2) is 0 Å². The molecule has 1 N–H and O–H groups in total. The molecule has 0 aromatic heterocycles. The molecular formula is C22H30N4O6S. The van der Waals surface area contributed by atoms with Gasteiger partial charge in [0.2, 0.25) is 15.9 Å². The van der Waals surface area contributed by atoms with E-state index in [1.54, 1.807) is 29.2 Å². The van der Waals surface area contributed by atoms with Gasteiger partial charge in [-0.25, -0.2) is 8.42 Å². The summed E-state index contributed by atoms with van der Waals surface area (Å²) in [6.45, 7) is 2.99. The van der Waals surface area contributed by atoms with Crippen LogP contribution in [0.25, 0.3) is 0 Å². The van der Waals surface area contributed by atoms with Crippen LogP contribution in [0.1, 0.15) is 24.8 Å². The van der Waals surface area contributed by atoms with Crippen LogP contribution in [0.2, 0.25) is 0 Å². The average molecular weight is 479 g/mol. The predicted octanol–water partition coefficient (Wildman–Crippen LogP) is -0.410. The van der Waals surface area contributed by atoms with Crippen LogP contribution in [-0.2, 0) is 35.6 Å². The fraction of sp³-hybridized carbons (Fsp3) is 0.591. The third-order valence-corrected chi connectivity index (χ3v) is 8.10. The van der Waals surface area contributed by atoms with E-state index in [4.69, 9.17) is 4.74 Å². The monoisotopic (exact) mass is 478 g/mol. The van der Waals surface area contributed by atoms with E-state index in [2.05, 4.69) is 5.32 Å². The maximum Gasteiger partial charge on any atom is 0.312 e. The number of sulfonamides is 1. The summed E-state index contributed by atoms with van der Waals surface area (Å²) < 4.78 is 32.0. The number of carbonyl (C=O) groups is 3. The van der Waals surface area contributed by atoms with Gasteiger partial charge < -0.3 is 19.9 Å². The molecule has 2 saturated heterocycles. The molecule has 180 valence electrons. The normalized spacial score (nSPS) is 19.9. The zero-order valence-corrected chi connectivity index (χ0v) is 19.4. The molecule has 1 aliphatic carbocycles. The van der Waals surface area contributed by atoms with Gasteiger partial charge >= 0.3 is 11.8 Å². The number of hydrogen-bond acceptors (Lipinski definition) is 6. The van der Waals surface area contributed by atoms with Crippen molar-refractivity contribution >= 4 is 27.7 Å². The largest absolute Gasteiger partial charge is 0.379 e.